The van der Waals surface area contributed by atoms with Gasteiger partial charge in [-0.25, -0.2) is 5.84 Å². The zero-order valence-electron chi connectivity index (χ0n) is 12.6. The maximum Gasteiger partial charge on any atom is 0.283 e. The number of hydrogen-bond acceptors (Lipinski definition) is 4. The Balaban J connectivity index is 1.65. The highest BCUT2D eigenvalue weighted by atomic mass is 35.5. The molecule has 0 fully saturated rings. The lowest BCUT2D eigenvalue weighted by Gasteiger charge is -2.07. The van der Waals surface area contributed by atoms with Crippen LogP contribution in [0.15, 0.2) is 54.6 Å². The van der Waals surface area contributed by atoms with Gasteiger partial charge in [-0.1, -0.05) is 23.7 Å². The molecule has 4 N–H and O–H groups in total. The summed E-state index contributed by atoms with van der Waals surface area (Å²) in [7, 11) is 0. The number of nitrogens with two attached hydrogens (primary N) is 1. The Morgan fingerprint density at radius 1 is 1.17 bits per heavy atom. The summed E-state index contributed by atoms with van der Waals surface area (Å²) in [5.74, 6) is 5.41. The monoisotopic (exact) mass is 342 g/mol. The maximum absolute atomic E-state index is 11.4. The number of nitrogen functional groups attached to an aromatic ring is 1. The number of hydrogen-bond donors (Lipinski definition) is 3. The van der Waals surface area contributed by atoms with Gasteiger partial charge >= 0.3 is 0 Å². The number of nitrogens with zero attached hydrogens (tertiary/aromatic N) is 1. The van der Waals surface area contributed by atoms with Crippen LogP contribution < -0.4 is 16.0 Å². The second kappa shape index (κ2) is 7.16. The number of amides is 1. The smallest absolute Gasteiger partial charge is 0.283 e. The standard InChI is InChI=1S/C17H15ClN4O2/c18-13-5-1-11(2-6-13)10-24-14-7-3-12(4-8-14)15-9-16(22-21-15)17(23)20-19/h1-9H,10,19H2,(H,20,23)(H,21,22). The van der Waals surface area contributed by atoms with Crippen LogP contribution in [0.1, 0.15) is 16.1 Å². The fourth-order valence-corrected chi connectivity index (χ4v) is 2.26. The first-order chi connectivity index (χ1) is 11.7. The van der Waals surface area contributed by atoms with Gasteiger partial charge in [0, 0.05) is 10.6 Å². The van der Waals surface area contributed by atoms with E-state index < -0.39 is 5.91 Å². The lowest BCUT2D eigenvalue weighted by Crippen LogP contribution is -2.30. The molecule has 3 aromatic rings. The molecule has 1 heterocycles. The quantitative estimate of drug-likeness (QED) is 0.377. The summed E-state index contributed by atoms with van der Waals surface area (Å²) in [6, 6.07) is 16.6. The summed E-state index contributed by atoms with van der Waals surface area (Å²) in [5.41, 5.74) is 4.90. The van der Waals surface area contributed by atoms with Crippen LogP contribution in [-0.2, 0) is 6.61 Å². The third kappa shape index (κ3) is 3.73. The van der Waals surface area contributed by atoms with Crippen LogP contribution in [0, 0.1) is 0 Å². The van der Waals surface area contributed by atoms with Gasteiger partial charge in [0.1, 0.15) is 18.1 Å². The number of carbonyl (C=O) groups is 1. The first-order valence-electron chi connectivity index (χ1n) is 7.20. The summed E-state index contributed by atoms with van der Waals surface area (Å²) in [4.78, 5) is 11.4. The van der Waals surface area contributed by atoms with E-state index in [4.69, 9.17) is 22.2 Å². The molecule has 0 aliphatic heterocycles. The average molecular weight is 343 g/mol. The van der Waals surface area contributed by atoms with Crippen LogP contribution in [0.3, 0.4) is 0 Å². The molecule has 0 unspecified atom stereocenters. The number of halogens is 1. The number of H-pyrrole nitrogens is 1. The number of hydrazine groups is 1. The molecule has 0 saturated heterocycles. The van der Waals surface area contributed by atoms with Gasteiger partial charge < -0.3 is 4.74 Å². The van der Waals surface area contributed by atoms with Crippen molar-refractivity contribution in [2.75, 3.05) is 0 Å². The van der Waals surface area contributed by atoms with Crippen LogP contribution in [0.2, 0.25) is 5.02 Å². The highest BCUT2D eigenvalue weighted by molar-refractivity contribution is 6.30. The summed E-state index contributed by atoms with van der Waals surface area (Å²) in [6.45, 7) is 0.458. The maximum atomic E-state index is 11.4. The lowest BCUT2D eigenvalue weighted by molar-refractivity contribution is 0.0948. The SMILES string of the molecule is NNC(=O)c1cc(-c2ccc(OCc3ccc(Cl)cc3)cc2)n[nH]1. The van der Waals surface area contributed by atoms with Gasteiger partial charge in [0.05, 0.1) is 5.69 Å². The molecule has 2 aromatic carbocycles. The molecular formula is C17H15ClN4O2. The van der Waals surface area contributed by atoms with Crippen molar-refractivity contribution in [2.45, 2.75) is 6.61 Å². The Bertz CT molecular complexity index is 829. The highest BCUT2D eigenvalue weighted by Gasteiger charge is 2.09. The molecular weight excluding hydrogens is 328 g/mol. The van der Waals surface area contributed by atoms with Gasteiger partial charge in [0.25, 0.3) is 5.91 Å². The van der Waals surface area contributed by atoms with E-state index in [1.807, 2.05) is 48.5 Å². The van der Waals surface area contributed by atoms with Crippen molar-refractivity contribution in [3.63, 3.8) is 0 Å². The number of nitrogens with one attached hydrogen (secondary N) is 2. The molecule has 1 aromatic heterocycles. The molecule has 1 amide bonds. The first-order valence-corrected chi connectivity index (χ1v) is 7.57. The molecule has 24 heavy (non-hydrogen) atoms. The molecule has 0 aliphatic carbocycles. The zero-order valence-corrected chi connectivity index (χ0v) is 13.4. The second-order valence-electron chi connectivity index (χ2n) is 5.08. The topological polar surface area (TPSA) is 93.0 Å². The van der Waals surface area contributed by atoms with Crippen LogP contribution >= 0.6 is 11.6 Å². The van der Waals surface area contributed by atoms with Crippen molar-refractivity contribution in [1.82, 2.24) is 15.6 Å². The van der Waals surface area contributed by atoms with Crippen molar-refractivity contribution in [2.24, 2.45) is 5.84 Å². The molecule has 3 rings (SSSR count). The van der Waals surface area contributed by atoms with E-state index >= 15 is 0 Å². The molecule has 6 nitrogen and oxygen atoms in total. The van der Waals surface area contributed by atoms with E-state index in [1.165, 1.54) is 0 Å². The normalized spacial score (nSPS) is 10.4. The van der Waals surface area contributed by atoms with E-state index in [9.17, 15) is 4.79 Å². The van der Waals surface area contributed by atoms with Gasteiger partial charge in [0.15, 0.2) is 0 Å². The Kier molecular flexibility index (Phi) is 4.79. The van der Waals surface area contributed by atoms with E-state index in [1.54, 1.807) is 6.07 Å². The van der Waals surface area contributed by atoms with Gasteiger partial charge in [-0.2, -0.15) is 5.10 Å². The Hall–Kier alpha value is -2.83. The Labute approximate surface area is 143 Å². The first kappa shape index (κ1) is 16.0. The molecule has 7 heteroatoms. The fourth-order valence-electron chi connectivity index (χ4n) is 2.13. The third-order valence-electron chi connectivity index (χ3n) is 3.42. The third-order valence-corrected chi connectivity index (χ3v) is 3.67. The minimum absolute atomic E-state index is 0.301. The molecule has 0 spiro atoms. The average Bonchev–Trinajstić information content (AvgIpc) is 3.11. The van der Waals surface area contributed by atoms with Crippen LogP contribution in [0.25, 0.3) is 11.3 Å². The molecule has 0 aliphatic rings. The van der Waals surface area contributed by atoms with Crippen molar-refractivity contribution >= 4 is 17.5 Å². The van der Waals surface area contributed by atoms with Gasteiger partial charge in [-0.3, -0.25) is 15.3 Å². The van der Waals surface area contributed by atoms with Gasteiger partial charge in [0.2, 0.25) is 0 Å². The molecule has 0 saturated carbocycles. The number of benzene rings is 2. The molecule has 0 radical (unpaired) electrons. The van der Waals surface area contributed by atoms with Crippen molar-refractivity contribution in [3.05, 3.63) is 70.9 Å². The van der Waals surface area contributed by atoms with Crippen molar-refractivity contribution in [3.8, 4) is 17.0 Å². The minimum Gasteiger partial charge on any atom is -0.489 e. The second-order valence-corrected chi connectivity index (χ2v) is 5.52. The number of rotatable bonds is 5. The van der Waals surface area contributed by atoms with E-state index in [-0.39, 0.29) is 0 Å². The van der Waals surface area contributed by atoms with E-state index in [2.05, 4.69) is 15.6 Å². The van der Waals surface area contributed by atoms with Crippen LogP contribution in [0.4, 0.5) is 0 Å². The van der Waals surface area contributed by atoms with E-state index in [0.29, 0.717) is 23.0 Å². The minimum atomic E-state index is -0.420. The van der Waals surface area contributed by atoms with Crippen molar-refractivity contribution < 1.29 is 9.53 Å². The number of carbonyl (C=O) groups excluding carboxylic acids is 1. The lowest BCUT2D eigenvalue weighted by atomic mass is 10.1. The highest BCUT2D eigenvalue weighted by Crippen LogP contribution is 2.22. The largest absolute Gasteiger partial charge is 0.489 e. The van der Waals surface area contributed by atoms with Crippen LogP contribution in [-0.4, -0.2) is 16.1 Å². The summed E-state index contributed by atoms with van der Waals surface area (Å²) >= 11 is 5.85. The Morgan fingerprint density at radius 2 is 1.88 bits per heavy atom. The van der Waals surface area contributed by atoms with E-state index in [0.717, 1.165) is 16.9 Å². The van der Waals surface area contributed by atoms with Crippen molar-refractivity contribution in [1.29, 1.82) is 0 Å². The van der Waals surface area contributed by atoms with Crippen LogP contribution in [0.5, 0.6) is 5.75 Å². The molecule has 0 atom stereocenters. The predicted molar refractivity (Wildman–Crippen MR) is 91.5 cm³/mol. The summed E-state index contributed by atoms with van der Waals surface area (Å²) in [6.07, 6.45) is 0. The summed E-state index contributed by atoms with van der Waals surface area (Å²) < 4.78 is 5.73. The molecule has 122 valence electrons. The Morgan fingerprint density at radius 3 is 2.54 bits per heavy atom. The summed E-state index contributed by atoms with van der Waals surface area (Å²) in [5, 5.41) is 7.43. The number of aromatic amines is 1. The molecule has 0 bridgehead atoms. The fraction of sp³-hybridized carbons (Fsp3) is 0.0588. The number of aromatic nitrogens is 2. The van der Waals surface area contributed by atoms with Gasteiger partial charge in [-0.05, 0) is 48.0 Å². The van der Waals surface area contributed by atoms with Gasteiger partial charge in [-0.15, -0.1) is 0 Å². The predicted octanol–water partition coefficient (Wildman–Crippen LogP) is 2.91. The number of ether oxygens (including phenoxy) is 1. The zero-order chi connectivity index (χ0) is 16.9.